The van der Waals surface area contributed by atoms with Gasteiger partial charge in [0.2, 0.25) is 0 Å². The second-order valence-electron chi connectivity index (χ2n) is 13.9. The number of carbonyl (C=O) groups is 2. The molecule has 0 aromatic rings. The molecule has 0 aliphatic heterocycles. The number of hydrogen-bond acceptors (Lipinski definition) is 9. The topological polar surface area (TPSA) is 149 Å². The van der Waals surface area contributed by atoms with Gasteiger partial charge in [-0.2, -0.15) is 0 Å². The fourth-order valence-electron chi connectivity index (χ4n) is 5.30. The molecule has 0 aromatic carbocycles. The highest BCUT2D eigenvalue weighted by molar-refractivity contribution is 7.47. The summed E-state index contributed by atoms with van der Waals surface area (Å²) in [6, 6.07) is 0. The number of allylic oxidation sites excluding steroid dienone is 14. The van der Waals surface area contributed by atoms with Crippen LogP contribution in [0, 0.1) is 0 Å². The lowest BCUT2D eigenvalue weighted by atomic mass is 10.1. The molecule has 0 saturated carbocycles. The van der Waals surface area contributed by atoms with Crippen LogP contribution in [0.5, 0.6) is 0 Å². The van der Waals surface area contributed by atoms with E-state index in [-0.39, 0.29) is 12.8 Å². The van der Waals surface area contributed by atoms with Crippen molar-refractivity contribution in [3.63, 3.8) is 0 Å². The molecule has 0 rings (SSSR count). The Bertz CT molecular complexity index is 1220. The highest BCUT2D eigenvalue weighted by Crippen LogP contribution is 2.43. The third kappa shape index (κ3) is 39.7. The van der Waals surface area contributed by atoms with Gasteiger partial charge in [-0.25, -0.2) is 4.57 Å². The molecule has 3 atom stereocenters. The van der Waals surface area contributed by atoms with Gasteiger partial charge in [0.05, 0.1) is 26.4 Å². The van der Waals surface area contributed by atoms with E-state index in [1.807, 2.05) is 12.2 Å². The Hall–Kier alpha value is -2.85. The second kappa shape index (κ2) is 41.3. The molecule has 11 heteroatoms. The van der Waals surface area contributed by atoms with Crippen molar-refractivity contribution in [2.24, 2.45) is 0 Å². The molecule has 0 saturated heterocycles. The predicted octanol–water partition coefficient (Wildman–Crippen LogP) is 11.4. The fourth-order valence-corrected chi connectivity index (χ4v) is 6.08. The van der Waals surface area contributed by atoms with E-state index in [0.717, 1.165) is 70.6 Å². The summed E-state index contributed by atoms with van der Waals surface area (Å²) in [5, 5.41) is 19.2. The van der Waals surface area contributed by atoms with E-state index in [4.69, 9.17) is 18.5 Å². The highest BCUT2D eigenvalue weighted by Gasteiger charge is 2.27. The molecule has 326 valence electrons. The van der Waals surface area contributed by atoms with Crippen molar-refractivity contribution in [2.75, 3.05) is 26.4 Å². The molecular weight excluding hydrogens is 743 g/mol. The van der Waals surface area contributed by atoms with Gasteiger partial charge >= 0.3 is 19.8 Å². The molecule has 57 heavy (non-hydrogen) atoms. The Kier molecular flexibility index (Phi) is 39.2. The van der Waals surface area contributed by atoms with Gasteiger partial charge in [0, 0.05) is 12.8 Å². The standard InChI is InChI=1S/C46H77O10P/c1-3-5-7-9-11-13-15-17-19-21-23-25-27-29-31-33-35-37-45(49)55-43(39-47)41-53-57(51,52)54-42-44(40-48)56-46(50)38-36-34-32-30-28-26-24-22-20-18-16-14-12-10-8-6-4-2/h5,7,11-14,17-20,23,25,29,31,43-44,47-48H,3-4,6,8-10,15-16,21-22,24,26-28,30,32-42H2,1-2H3,(H,51,52)/b7-5-,13-11-,14-12-,19-17-,20-18-,25-23-,31-29-. The average molecular weight is 821 g/mol. The van der Waals surface area contributed by atoms with Crippen LogP contribution in [0.1, 0.15) is 155 Å². The Morgan fingerprint density at radius 1 is 0.491 bits per heavy atom. The molecule has 10 nitrogen and oxygen atoms in total. The summed E-state index contributed by atoms with van der Waals surface area (Å²) in [6.07, 6.45) is 48.4. The van der Waals surface area contributed by atoms with Gasteiger partial charge in [-0.15, -0.1) is 0 Å². The Morgan fingerprint density at radius 3 is 1.26 bits per heavy atom. The summed E-state index contributed by atoms with van der Waals surface area (Å²) < 4.78 is 32.5. The maximum absolute atomic E-state index is 12.4. The summed E-state index contributed by atoms with van der Waals surface area (Å²) in [5.74, 6) is -1.09. The lowest BCUT2D eigenvalue weighted by molar-refractivity contribution is -0.153. The minimum Gasteiger partial charge on any atom is -0.457 e. The van der Waals surface area contributed by atoms with Crippen LogP contribution in [0.2, 0.25) is 0 Å². The van der Waals surface area contributed by atoms with Gasteiger partial charge in [0.15, 0.2) is 0 Å². The van der Waals surface area contributed by atoms with Crippen molar-refractivity contribution >= 4 is 19.8 Å². The van der Waals surface area contributed by atoms with E-state index >= 15 is 0 Å². The number of aliphatic hydroxyl groups is 2. The van der Waals surface area contributed by atoms with Gasteiger partial charge in [-0.3, -0.25) is 18.6 Å². The largest absolute Gasteiger partial charge is 0.472 e. The molecule has 0 aromatic heterocycles. The lowest BCUT2D eigenvalue weighted by Gasteiger charge is -2.20. The lowest BCUT2D eigenvalue weighted by Crippen LogP contribution is -2.28. The first-order chi connectivity index (χ1) is 27.8. The van der Waals surface area contributed by atoms with Crippen molar-refractivity contribution < 1.29 is 47.8 Å². The Labute approximate surface area is 345 Å². The van der Waals surface area contributed by atoms with E-state index in [0.29, 0.717) is 19.3 Å². The zero-order chi connectivity index (χ0) is 41.9. The summed E-state index contributed by atoms with van der Waals surface area (Å²) >= 11 is 0. The molecule has 0 aliphatic carbocycles. The van der Waals surface area contributed by atoms with E-state index < -0.39 is 58.4 Å². The number of carbonyl (C=O) groups excluding carboxylic acids is 2. The van der Waals surface area contributed by atoms with E-state index in [9.17, 15) is 29.3 Å². The van der Waals surface area contributed by atoms with Crippen LogP contribution in [0.4, 0.5) is 0 Å². The minimum atomic E-state index is -4.66. The molecule has 3 unspecified atom stereocenters. The van der Waals surface area contributed by atoms with Crippen molar-refractivity contribution in [1.29, 1.82) is 0 Å². The number of unbranched alkanes of at least 4 members (excludes halogenated alkanes) is 11. The van der Waals surface area contributed by atoms with Crippen molar-refractivity contribution in [1.82, 2.24) is 0 Å². The quantitative estimate of drug-likeness (QED) is 0.0237. The number of phosphoric ester groups is 1. The van der Waals surface area contributed by atoms with Crippen LogP contribution in [-0.2, 0) is 32.7 Å². The third-order valence-corrected chi connectivity index (χ3v) is 9.54. The average Bonchev–Trinajstić information content (AvgIpc) is 3.20. The molecule has 0 amide bonds. The van der Waals surface area contributed by atoms with Crippen molar-refractivity contribution in [3.05, 3.63) is 85.1 Å². The van der Waals surface area contributed by atoms with Gasteiger partial charge in [0.25, 0.3) is 0 Å². The minimum absolute atomic E-state index is 0.109. The highest BCUT2D eigenvalue weighted by atomic mass is 31.2. The smallest absolute Gasteiger partial charge is 0.457 e. The SMILES string of the molecule is CC/C=C\C/C=C\C/C=C\C/C=C\C/C=C\CCCC(=O)OC(CO)COP(=O)(O)OCC(CO)OC(=O)CCCCCCCCC/C=C\C/C=C\CCCCC. The first-order valence-corrected chi connectivity index (χ1v) is 23.0. The maximum Gasteiger partial charge on any atom is 0.472 e. The van der Waals surface area contributed by atoms with Crippen LogP contribution >= 0.6 is 7.82 Å². The molecule has 0 radical (unpaired) electrons. The number of ether oxygens (including phenoxy) is 2. The summed E-state index contributed by atoms with van der Waals surface area (Å²) in [5.41, 5.74) is 0. The van der Waals surface area contributed by atoms with Gasteiger partial charge in [-0.1, -0.05) is 144 Å². The Balaban J connectivity index is 4.03. The van der Waals surface area contributed by atoms with Crippen molar-refractivity contribution in [3.8, 4) is 0 Å². The molecule has 3 N–H and O–H groups in total. The molecule has 0 aliphatic rings. The van der Waals surface area contributed by atoms with Gasteiger partial charge < -0.3 is 24.6 Å². The summed E-state index contributed by atoms with van der Waals surface area (Å²) in [4.78, 5) is 34.5. The van der Waals surface area contributed by atoms with Crippen LogP contribution < -0.4 is 0 Å². The normalized spacial score (nSPS) is 14.7. The van der Waals surface area contributed by atoms with E-state index in [1.54, 1.807) is 0 Å². The molecule has 0 spiro atoms. The van der Waals surface area contributed by atoms with E-state index in [1.165, 1.54) is 38.5 Å². The van der Waals surface area contributed by atoms with Crippen LogP contribution in [0.15, 0.2) is 85.1 Å². The summed E-state index contributed by atoms with van der Waals surface area (Å²) in [7, 11) is -4.66. The molecule has 0 bridgehead atoms. The summed E-state index contributed by atoms with van der Waals surface area (Å²) in [6.45, 7) is 1.98. The number of hydrogen-bond donors (Lipinski definition) is 3. The maximum atomic E-state index is 12.4. The third-order valence-electron chi connectivity index (χ3n) is 8.59. The molecular formula is C46H77O10P. The number of rotatable bonds is 39. The first-order valence-electron chi connectivity index (χ1n) is 21.5. The monoisotopic (exact) mass is 821 g/mol. The molecule has 0 heterocycles. The van der Waals surface area contributed by atoms with Crippen molar-refractivity contribution in [2.45, 2.75) is 167 Å². The van der Waals surface area contributed by atoms with Gasteiger partial charge in [0.1, 0.15) is 12.2 Å². The fraction of sp³-hybridized carbons (Fsp3) is 0.652. The predicted molar refractivity (Wildman–Crippen MR) is 233 cm³/mol. The number of phosphoric acid groups is 1. The zero-order valence-corrected chi connectivity index (χ0v) is 36.2. The van der Waals surface area contributed by atoms with Crippen LogP contribution in [-0.4, -0.2) is 65.7 Å². The number of aliphatic hydroxyl groups excluding tert-OH is 2. The van der Waals surface area contributed by atoms with Gasteiger partial charge in [-0.05, 0) is 83.5 Å². The van der Waals surface area contributed by atoms with Crippen LogP contribution in [0.25, 0.3) is 0 Å². The van der Waals surface area contributed by atoms with Crippen LogP contribution in [0.3, 0.4) is 0 Å². The zero-order valence-electron chi connectivity index (χ0n) is 35.3. The second-order valence-corrected chi connectivity index (χ2v) is 15.4. The molecule has 0 fully saturated rings. The van der Waals surface area contributed by atoms with E-state index in [2.05, 4.69) is 86.8 Å². The first kappa shape index (κ1) is 54.2. The number of esters is 2. The Morgan fingerprint density at radius 2 is 0.842 bits per heavy atom.